The molecule has 0 radical (unpaired) electrons. The summed E-state index contributed by atoms with van der Waals surface area (Å²) in [5, 5.41) is 0. The van der Waals surface area contributed by atoms with Crippen LogP contribution in [0.5, 0.6) is 0 Å². The van der Waals surface area contributed by atoms with Crippen LogP contribution in [0.25, 0.3) is 0 Å². The molecule has 1 aromatic rings. The molecule has 1 aliphatic heterocycles. The fourth-order valence-electron chi connectivity index (χ4n) is 5.35. The number of likely N-dealkylation sites (tertiary alicyclic amines) is 1. The summed E-state index contributed by atoms with van der Waals surface area (Å²) < 4.78 is 28.5. The van der Waals surface area contributed by atoms with Crippen LogP contribution in [0.2, 0.25) is 0 Å². The van der Waals surface area contributed by atoms with Crippen molar-refractivity contribution < 1.29 is 18.3 Å². The number of nitrogens with two attached hydrogens (primary N) is 1. The fourth-order valence-corrected chi connectivity index (χ4v) is 5.67. The molecule has 1 heterocycles. The molecule has 4 atom stereocenters. The molecule has 1 saturated heterocycles. The third-order valence-electron chi connectivity index (χ3n) is 7.55. The van der Waals surface area contributed by atoms with Crippen LogP contribution >= 0.6 is 0 Å². The van der Waals surface area contributed by atoms with Gasteiger partial charge in [-0.15, -0.1) is 0 Å². The highest BCUT2D eigenvalue weighted by atomic mass is 32.2. The molecule has 0 bridgehead atoms. The number of ether oxygens (including phenoxy) is 1. The van der Waals surface area contributed by atoms with Gasteiger partial charge in [-0.25, -0.2) is 8.51 Å². The number of benzene rings is 1. The number of carbonyl (C=O) groups is 1. The summed E-state index contributed by atoms with van der Waals surface area (Å²) in [5.41, 5.74) is 8.06. The maximum absolute atomic E-state index is 12.9. The lowest BCUT2D eigenvalue weighted by molar-refractivity contribution is -0.141. The average molecular weight is 464 g/mol. The van der Waals surface area contributed by atoms with Crippen LogP contribution in [0.15, 0.2) is 30.3 Å². The van der Waals surface area contributed by atoms with Gasteiger partial charge in [0.1, 0.15) is 0 Å². The Kier molecular flexibility index (Phi) is 8.00. The minimum atomic E-state index is -2.01. The SMILES string of the molecule is CN(CC1CCN(C(=O)C2CC2)[C@@H](CO[C@H]2CC[C@@H](c3ccccc3)CC2)[C@H]1N)S(=O)O. The summed E-state index contributed by atoms with van der Waals surface area (Å²) in [5.74, 6) is 1.01. The zero-order valence-corrected chi connectivity index (χ0v) is 19.8. The van der Waals surface area contributed by atoms with E-state index in [1.165, 1.54) is 9.87 Å². The van der Waals surface area contributed by atoms with E-state index in [4.69, 9.17) is 10.5 Å². The molecule has 3 fully saturated rings. The highest BCUT2D eigenvalue weighted by Crippen LogP contribution is 2.36. The van der Waals surface area contributed by atoms with Crippen LogP contribution in [-0.2, 0) is 20.8 Å². The predicted molar refractivity (Wildman–Crippen MR) is 125 cm³/mol. The first-order valence-corrected chi connectivity index (χ1v) is 13.0. The lowest BCUT2D eigenvalue weighted by Gasteiger charge is -2.45. The molecule has 1 amide bonds. The van der Waals surface area contributed by atoms with Crippen LogP contribution in [0.4, 0.5) is 0 Å². The second-order valence-electron chi connectivity index (χ2n) is 9.76. The number of piperidine rings is 1. The normalized spacial score (nSPS) is 32.1. The van der Waals surface area contributed by atoms with Gasteiger partial charge in [0.2, 0.25) is 17.2 Å². The Morgan fingerprint density at radius 2 is 1.84 bits per heavy atom. The average Bonchev–Trinajstić information content (AvgIpc) is 3.65. The highest BCUT2D eigenvalue weighted by molar-refractivity contribution is 7.76. The van der Waals surface area contributed by atoms with Gasteiger partial charge in [-0.1, -0.05) is 30.3 Å². The molecule has 8 heteroatoms. The monoisotopic (exact) mass is 463 g/mol. The van der Waals surface area contributed by atoms with Gasteiger partial charge in [0.25, 0.3) is 0 Å². The second kappa shape index (κ2) is 10.7. The zero-order valence-electron chi connectivity index (χ0n) is 19.0. The van der Waals surface area contributed by atoms with E-state index in [1.54, 1.807) is 7.05 Å². The number of carbonyl (C=O) groups excluding carboxylic acids is 1. The zero-order chi connectivity index (χ0) is 22.7. The third kappa shape index (κ3) is 5.78. The van der Waals surface area contributed by atoms with Crippen LogP contribution in [0, 0.1) is 11.8 Å². The molecule has 3 N–H and O–H groups in total. The van der Waals surface area contributed by atoms with Gasteiger partial charge in [0.15, 0.2) is 0 Å². The Hall–Kier alpha value is -1.32. The molecule has 2 saturated carbocycles. The van der Waals surface area contributed by atoms with Crippen molar-refractivity contribution in [2.75, 3.05) is 26.7 Å². The number of amides is 1. The van der Waals surface area contributed by atoms with Gasteiger partial charge in [-0.3, -0.25) is 9.35 Å². The first kappa shape index (κ1) is 23.8. The predicted octanol–water partition coefficient (Wildman–Crippen LogP) is 2.75. The molecule has 32 heavy (non-hydrogen) atoms. The van der Waals surface area contributed by atoms with Crippen LogP contribution in [0.3, 0.4) is 0 Å². The Morgan fingerprint density at radius 1 is 1.16 bits per heavy atom. The number of rotatable bonds is 8. The van der Waals surface area contributed by atoms with Gasteiger partial charge in [0, 0.05) is 32.1 Å². The molecule has 0 aromatic heterocycles. The minimum absolute atomic E-state index is 0.0572. The molecule has 178 valence electrons. The molecule has 2 unspecified atom stereocenters. The number of nitrogens with zero attached hydrogens (tertiary/aromatic N) is 2. The van der Waals surface area contributed by atoms with E-state index in [0.29, 0.717) is 25.6 Å². The van der Waals surface area contributed by atoms with Crippen molar-refractivity contribution in [2.24, 2.45) is 17.6 Å². The first-order valence-electron chi connectivity index (χ1n) is 12.0. The van der Waals surface area contributed by atoms with Crippen molar-refractivity contribution in [3.05, 3.63) is 35.9 Å². The summed E-state index contributed by atoms with van der Waals surface area (Å²) in [7, 11) is 1.63. The van der Waals surface area contributed by atoms with E-state index in [-0.39, 0.29) is 35.9 Å². The van der Waals surface area contributed by atoms with Gasteiger partial charge < -0.3 is 15.4 Å². The quantitative estimate of drug-likeness (QED) is 0.578. The van der Waals surface area contributed by atoms with Crippen molar-refractivity contribution >= 4 is 17.2 Å². The summed E-state index contributed by atoms with van der Waals surface area (Å²) in [6, 6.07) is 10.3. The molecular formula is C24H37N3O4S. The van der Waals surface area contributed by atoms with Crippen molar-refractivity contribution in [3.63, 3.8) is 0 Å². The van der Waals surface area contributed by atoms with Crippen LogP contribution < -0.4 is 5.73 Å². The van der Waals surface area contributed by atoms with Crippen molar-refractivity contribution in [2.45, 2.75) is 69.1 Å². The van der Waals surface area contributed by atoms with E-state index >= 15 is 0 Å². The summed E-state index contributed by atoms with van der Waals surface area (Å²) in [4.78, 5) is 14.9. The van der Waals surface area contributed by atoms with Gasteiger partial charge >= 0.3 is 0 Å². The topological polar surface area (TPSA) is 96.1 Å². The summed E-state index contributed by atoms with van der Waals surface area (Å²) >= 11 is -2.01. The van der Waals surface area contributed by atoms with E-state index in [2.05, 4.69) is 30.3 Å². The first-order chi connectivity index (χ1) is 15.4. The minimum Gasteiger partial charge on any atom is -0.376 e. The largest absolute Gasteiger partial charge is 0.376 e. The van der Waals surface area contributed by atoms with Crippen LogP contribution in [-0.4, -0.2) is 68.8 Å². The molecular weight excluding hydrogens is 426 g/mol. The maximum atomic E-state index is 12.9. The number of hydrogen-bond acceptors (Lipinski definition) is 4. The lowest BCUT2D eigenvalue weighted by atomic mass is 9.82. The van der Waals surface area contributed by atoms with Gasteiger partial charge in [-0.05, 0) is 62.3 Å². The smallest absolute Gasteiger partial charge is 0.234 e. The lowest BCUT2D eigenvalue weighted by Crippen LogP contribution is -2.62. The van der Waals surface area contributed by atoms with Gasteiger partial charge in [-0.2, -0.15) is 0 Å². The summed E-state index contributed by atoms with van der Waals surface area (Å²) in [6.07, 6.45) is 7.17. The van der Waals surface area contributed by atoms with Gasteiger partial charge in [0.05, 0.1) is 18.8 Å². The summed E-state index contributed by atoms with van der Waals surface area (Å²) in [6.45, 7) is 1.53. The molecule has 2 aliphatic carbocycles. The molecule has 0 spiro atoms. The fraction of sp³-hybridized carbons (Fsp3) is 0.708. The maximum Gasteiger partial charge on any atom is 0.234 e. The third-order valence-corrected chi connectivity index (χ3v) is 8.23. The Balaban J connectivity index is 1.35. The standard InChI is InChI=1S/C24H37N3O4S/c1-26(32(29)30)15-20-13-14-27(24(28)19-7-8-19)22(23(20)25)16-31-21-11-9-18(10-12-21)17-5-3-2-4-6-17/h2-6,18-23H,7-16,25H2,1H3,(H,29,30)/t18-,20?,21+,22-,23-/m0/s1. The van der Waals surface area contributed by atoms with E-state index in [9.17, 15) is 13.6 Å². The van der Waals surface area contributed by atoms with Crippen molar-refractivity contribution in [3.8, 4) is 0 Å². The Labute approximate surface area is 194 Å². The van der Waals surface area contributed by atoms with E-state index < -0.39 is 11.3 Å². The van der Waals surface area contributed by atoms with E-state index in [0.717, 1.165) is 44.9 Å². The van der Waals surface area contributed by atoms with Crippen molar-refractivity contribution in [1.82, 2.24) is 9.21 Å². The Bertz CT molecular complexity index is 783. The van der Waals surface area contributed by atoms with Crippen LogP contribution in [0.1, 0.15) is 56.4 Å². The molecule has 4 rings (SSSR count). The highest BCUT2D eigenvalue weighted by Gasteiger charge is 2.43. The molecule has 7 nitrogen and oxygen atoms in total. The number of hydrogen-bond donors (Lipinski definition) is 2. The molecule has 3 aliphatic rings. The second-order valence-corrected chi connectivity index (χ2v) is 10.8. The molecule has 1 aromatic carbocycles. The van der Waals surface area contributed by atoms with E-state index in [1.807, 2.05) is 4.90 Å². The Morgan fingerprint density at radius 3 is 2.47 bits per heavy atom. The van der Waals surface area contributed by atoms with Crippen molar-refractivity contribution in [1.29, 1.82) is 0 Å².